The van der Waals surface area contributed by atoms with Gasteiger partial charge < -0.3 is 9.84 Å². The molecule has 0 radical (unpaired) electrons. The van der Waals surface area contributed by atoms with Gasteiger partial charge in [0.15, 0.2) is 0 Å². The maximum atomic E-state index is 12.2. The van der Waals surface area contributed by atoms with Crippen molar-refractivity contribution in [2.75, 3.05) is 0 Å². The molecule has 0 spiro atoms. The van der Waals surface area contributed by atoms with Crippen LogP contribution in [0.1, 0.15) is 20.8 Å². The molecule has 21 heavy (non-hydrogen) atoms. The van der Waals surface area contributed by atoms with E-state index >= 15 is 0 Å². The summed E-state index contributed by atoms with van der Waals surface area (Å²) >= 11 is 3.24. The molecule has 1 fully saturated rings. The number of fused-ring (bicyclic) bond motifs is 1. The Hall–Kier alpha value is -1.57. The molecule has 9 heteroatoms. The van der Waals surface area contributed by atoms with Crippen molar-refractivity contribution >= 4 is 27.8 Å². The molecule has 0 aromatic carbocycles. The fourth-order valence-electron chi connectivity index (χ4n) is 2.30. The number of halogens is 1. The first-order valence-electron chi connectivity index (χ1n) is 6.32. The molecule has 0 aliphatic carbocycles. The van der Waals surface area contributed by atoms with E-state index in [4.69, 9.17) is 10.3 Å². The summed E-state index contributed by atoms with van der Waals surface area (Å²) in [4.78, 5) is 27.4. The number of ether oxygens (including phenoxy) is 1. The van der Waals surface area contributed by atoms with Crippen LogP contribution in [0.5, 0.6) is 0 Å². The summed E-state index contributed by atoms with van der Waals surface area (Å²) in [6.07, 6.45) is 0.462. The molecule has 0 bridgehead atoms. The molecule has 1 saturated heterocycles. The first-order chi connectivity index (χ1) is 9.67. The molecule has 0 aromatic heterocycles. The lowest BCUT2D eigenvalue weighted by atomic mass is 9.85. The quantitative estimate of drug-likeness (QED) is 0.199. The van der Waals surface area contributed by atoms with E-state index in [1.807, 2.05) is 0 Å². The molecular weight excluding hydrogens is 344 g/mol. The molecule has 0 unspecified atom stereocenters. The second kappa shape index (κ2) is 5.32. The summed E-state index contributed by atoms with van der Waals surface area (Å²) in [5.41, 5.74) is 7.83. The second-order valence-corrected chi connectivity index (χ2v) is 6.89. The third-order valence-electron chi connectivity index (χ3n) is 3.15. The van der Waals surface area contributed by atoms with Gasteiger partial charge in [0.1, 0.15) is 17.3 Å². The van der Waals surface area contributed by atoms with Crippen LogP contribution in [0.2, 0.25) is 0 Å². The molecule has 2 heterocycles. The van der Waals surface area contributed by atoms with Crippen LogP contribution >= 0.6 is 15.9 Å². The van der Waals surface area contributed by atoms with Crippen LogP contribution in [-0.4, -0.2) is 50.5 Å². The lowest BCUT2D eigenvalue weighted by molar-refractivity contribution is -0.164. The number of carbonyl (C=O) groups is 2. The van der Waals surface area contributed by atoms with Gasteiger partial charge in [-0.15, -0.1) is 0 Å². The molecule has 114 valence electrons. The number of nitrogens with zero attached hydrogens (tertiary/aromatic N) is 4. The topological polar surface area (TPSA) is 116 Å². The molecule has 2 aliphatic heterocycles. The third kappa shape index (κ3) is 2.76. The molecule has 4 atom stereocenters. The lowest BCUT2D eigenvalue weighted by Crippen LogP contribution is -2.71. The van der Waals surface area contributed by atoms with E-state index in [0.717, 1.165) is 4.90 Å². The van der Waals surface area contributed by atoms with Crippen LogP contribution in [0.15, 0.2) is 16.9 Å². The zero-order valence-corrected chi connectivity index (χ0v) is 13.3. The highest BCUT2D eigenvalue weighted by atomic mass is 79.9. The van der Waals surface area contributed by atoms with E-state index in [1.165, 1.54) is 6.08 Å². The predicted molar refractivity (Wildman–Crippen MR) is 76.2 cm³/mol. The average Bonchev–Trinajstić information content (AvgIpc) is 2.36. The maximum Gasteiger partial charge on any atom is 0.355 e. The number of hydrogen-bond donors (Lipinski definition) is 1. The number of aliphatic hydroxyl groups excluding tert-OH is 1. The van der Waals surface area contributed by atoms with E-state index in [2.05, 4.69) is 26.0 Å². The normalized spacial score (nSPS) is 31.6. The van der Waals surface area contributed by atoms with E-state index in [0.29, 0.717) is 0 Å². The van der Waals surface area contributed by atoms with Gasteiger partial charge in [-0.05, 0) is 32.4 Å². The third-order valence-corrected chi connectivity index (χ3v) is 3.95. The summed E-state index contributed by atoms with van der Waals surface area (Å²) in [6, 6.07) is -1.76. The smallest absolute Gasteiger partial charge is 0.355 e. The summed E-state index contributed by atoms with van der Waals surface area (Å²) in [5.74, 6) is -1.18. The highest BCUT2D eigenvalue weighted by molar-refractivity contribution is 9.09. The Morgan fingerprint density at radius 1 is 1.57 bits per heavy atom. The lowest BCUT2D eigenvalue weighted by Gasteiger charge is -2.51. The maximum absolute atomic E-state index is 12.2. The van der Waals surface area contributed by atoms with Gasteiger partial charge in [0.25, 0.3) is 0 Å². The largest absolute Gasteiger partial charge is 0.455 e. The summed E-state index contributed by atoms with van der Waals surface area (Å²) in [7, 11) is 0. The Bertz CT molecular complexity index is 564. The van der Waals surface area contributed by atoms with Gasteiger partial charge in [-0.3, -0.25) is 9.69 Å². The van der Waals surface area contributed by atoms with Crippen molar-refractivity contribution in [1.29, 1.82) is 0 Å². The molecule has 8 nitrogen and oxygen atoms in total. The van der Waals surface area contributed by atoms with Gasteiger partial charge in [0.2, 0.25) is 5.91 Å². The molecule has 1 amide bonds. The molecule has 2 aliphatic rings. The fraction of sp³-hybridized carbons (Fsp3) is 0.667. The number of alkyl halides is 1. The zero-order chi connectivity index (χ0) is 15.9. The van der Waals surface area contributed by atoms with Gasteiger partial charge in [-0.2, -0.15) is 0 Å². The molecular formula is C12H15BrN4O4. The van der Waals surface area contributed by atoms with Gasteiger partial charge >= 0.3 is 5.97 Å². The van der Waals surface area contributed by atoms with E-state index in [-0.39, 0.29) is 5.70 Å². The Labute approximate surface area is 129 Å². The molecule has 0 aromatic rings. The van der Waals surface area contributed by atoms with Crippen LogP contribution in [0, 0.1) is 0 Å². The zero-order valence-electron chi connectivity index (χ0n) is 11.7. The number of β-lactam (4-membered cyclic amide) rings is 1. The van der Waals surface area contributed by atoms with Gasteiger partial charge in [-0.25, -0.2) is 4.79 Å². The fourth-order valence-corrected chi connectivity index (χ4v) is 2.86. The Balaban J connectivity index is 2.31. The van der Waals surface area contributed by atoms with Crippen molar-refractivity contribution in [3.05, 3.63) is 22.2 Å². The SMILES string of the molecule is CC(C)(C)OC(=O)C1=C[C@@H](Br)[C@@H](O)[C@@H]2[C@H](N=[N+]=[N-])C(=O)N12. The summed E-state index contributed by atoms with van der Waals surface area (Å²) in [6.45, 7) is 5.15. The minimum Gasteiger partial charge on any atom is -0.455 e. The number of esters is 1. The Kier molecular flexibility index (Phi) is 4.01. The summed E-state index contributed by atoms with van der Waals surface area (Å²) in [5, 5.41) is 13.5. The van der Waals surface area contributed by atoms with Crippen LogP contribution < -0.4 is 0 Å². The number of hydrogen-bond acceptors (Lipinski definition) is 5. The first-order valence-corrected chi connectivity index (χ1v) is 7.23. The van der Waals surface area contributed by atoms with Crippen molar-refractivity contribution < 1.29 is 19.4 Å². The van der Waals surface area contributed by atoms with Crippen molar-refractivity contribution in [3.63, 3.8) is 0 Å². The van der Waals surface area contributed by atoms with Crippen LogP contribution in [0.3, 0.4) is 0 Å². The van der Waals surface area contributed by atoms with Crippen molar-refractivity contribution in [2.45, 2.75) is 49.4 Å². The van der Waals surface area contributed by atoms with Crippen molar-refractivity contribution in [2.24, 2.45) is 5.11 Å². The monoisotopic (exact) mass is 358 g/mol. The van der Waals surface area contributed by atoms with Crippen molar-refractivity contribution in [1.82, 2.24) is 4.90 Å². The van der Waals surface area contributed by atoms with Crippen LogP contribution in [-0.2, 0) is 14.3 Å². The molecule has 1 N–H and O–H groups in total. The Morgan fingerprint density at radius 2 is 2.19 bits per heavy atom. The Morgan fingerprint density at radius 3 is 2.71 bits per heavy atom. The minimum absolute atomic E-state index is 0.0523. The number of carbonyl (C=O) groups excluding carboxylic acids is 2. The van der Waals surface area contributed by atoms with Gasteiger partial charge in [0, 0.05) is 4.91 Å². The molecule has 2 rings (SSSR count). The first kappa shape index (κ1) is 15.8. The summed E-state index contributed by atoms with van der Waals surface area (Å²) < 4.78 is 5.25. The highest BCUT2D eigenvalue weighted by Crippen LogP contribution is 2.38. The standard InChI is InChI=1S/C12H15BrN4O4/c1-12(2,3)21-11(20)6-4-5(13)9(18)8-7(15-16-14)10(19)17(6)8/h4-5,7-9,18H,1-3H3/t5-,7+,8+,9-/m1/s1. The number of rotatable bonds is 2. The number of azide groups is 1. The second-order valence-electron chi connectivity index (χ2n) is 5.84. The van der Waals surface area contributed by atoms with E-state index in [1.54, 1.807) is 20.8 Å². The number of aliphatic hydroxyl groups is 1. The minimum atomic E-state index is -1.00. The van der Waals surface area contributed by atoms with Gasteiger partial charge in [-0.1, -0.05) is 21.0 Å². The van der Waals surface area contributed by atoms with Crippen molar-refractivity contribution in [3.8, 4) is 0 Å². The molecule has 0 saturated carbocycles. The van der Waals surface area contributed by atoms with Gasteiger partial charge in [0.05, 0.1) is 17.0 Å². The van der Waals surface area contributed by atoms with E-state index < -0.39 is 40.5 Å². The van der Waals surface area contributed by atoms with E-state index in [9.17, 15) is 14.7 Å². The van der Waals surface area contributed by atoms with Crippen LogP contribution in [0.25, 0.3) is 10.4 Å². The van der Waals surface area contributed by atoms with Crippen LogP contribution in [0.4, 0.5) is 0 Å². The average molecular weight is 359 g/mol. The highest BCUT2D eigenvalue weighted by Gasteiger charge is 2.57. The number of amides is 1. The predicted octanol–water partition coefficient (Wildman–Crippen LogP) is 1.24.